The van der Waals surface area contributed by atoms with Crippen molar-refractivity contribution in [2.45, 2.75) is 20.4 Å². The Morgan fingerprint density at radius 3 is 2.56 bits per heavy atom. The molecule has 16 heavy (non-hydrogen) atoms. The second kappa shape index (κ2) is 6.04. The van der Waals surface area contributed by atoms with Crippen LogP contribution in [0.3, 0.4) is 0 Å². The van der Waals surface area contributed by atoms with Gasteiger partial charge in [0.1, 0.15) is 0 Å². The maximum absolute atomic E-state index is 9.07. The first-order chi connectivity index (χ1) is 7.49. The summed E-state index contributed by atoms with van der Waals surface area (Å²) in [6.45, 7) is 6.24. The zero-order chi connectivity index (χ0) is 12.1. The predicted octanol–water partition coefficient (Wildman–Crippen LogP) is 0.454. The minimum absolute atomic E-state index is 0.551. The molecule has 0 aromatic heterocycles. The average Bonchev–Trinajstić information content (AvgIpc) is 2.16. The van der Waals surface area contributed by atoms with Crippen molar-refractivity contribution in [2.75, 3.05) is 13.6 Å². The minimum Gasteiger partial charge on any atom is -0.423 e. The molecular weight excluding hydrogens is 201 g/mol. The third kappa shape index (κ3) is 4.35. The Labute approximate surface area is 97.9 Å². The monoisotopic (exact) mass is 221 g/mol. The van der Waals surface area contributed by atoms with Crippen LogP contribution in [0, 0.1) is 5.92 Å². The van der Waals surface area contributed by atoms with Crippen molar-refractivity contribution in [1.29, 1.82) is 0 Å². The van der Waals surface area contributed by atoms with Crippen LogP contribution >= 0.6 is 0 Å². The number of hydrogen-bond donors (Lipinski definition) is 2. The van der Waals surface area contributed by atoms with Crippen LogP contribution in [-0.2, 0) is 6.54 Å². The molecule has 1 rings (SSSR count). The van der Waals surface area contributed by atoms with Gasteiger partial charge in [0, 0.05) is 13.1 Å². The van der Waals surface area contributed by atoms with E-state index in [0.29, 0.717) is 11.4 Å². The quantitative estimate of drug-likeness (QED) is 0.709. The molecule has 4 heteroatoms. The van der Waals surface area contributed by atoms with Crippen LogP contribution < -0.4 is 5.46 Å². The van der Waals surface area contributed by atoms with E-state index in [1.54, 1.807) is 6.07 Å². The normalized spacial score (nSPS) is 11.2. The molecule has 0 fully saturated rings. The zero-order valence-electron chi connectivity index (χ0n) is 10.2. The second-order valence-electron chi connectivity index (χ2n) is 4.71. The molecule has 0 heterocycles. The summed E-state index contributed by atoms with van der Waals surface area (Å²) < 4.78 is 0. The third-order valence-electron chi connectivity index (χ3n) is 2.38. The van der Waals surface area contributed by atoms with Gasteiger partial charge in [-0.25, -0.2) is 0 Å². The number of benzene rings is 1. The summed E-state index contributed by atoms with van der Waals surface area (Å²) in [6.07, 6.45) is 0. The van der Waals surface area contributed by atoms with E-state index in [4.69, 9.17) is 10.0 Å². The van der Waals surface area contributed by atoms with E-state index >= 15 is 0 Å². The fourth-order valence-corrected chi connectivity index (χ4v) is 1.85. The van der Waals surface area contributed by atoms with Gasteiger partial charge in [0.25, 0.3) is 0 Å². The summed E-state index contributed by atoms with van der Waals surface area (Å²) in [5, 5.41) is 18.1. The Balaban J connectivity index is 2.63. The molecule has 0 aliphatic carbocycles. The van der Waals surface area contributed by atoms with Crippen molar-refractivity contribution >= 4 is 12.6 Å². The fraction of sp³-hybridized carbons (Fsp3) is 0.500. The lowest BCUT2D eigenvalue weighted by Crippen LogP contribution is -2.30. The maximum Gasteiger partial charge on any atom is 0.488 e. The van der Waals surface area contributed by atoms with Gasteiger partial charge in [0.05, 0.1) is 0 Å². The Morgan fingerprint density at radius 2 is 2.00 bits per heavy atom. The zero-order valence-corrected chi connectivity index (χ0v) is 10.2. The molecule has 0 aliphatic rings. The molecule has 0 saturated carbocycles. The van der Waals surface area contributed by atoms with Gasteiger partial charge in [0.15, 0.2) is 0 Å². The SMILES string of the molecule is CC(C)CN(C)Cc1cccc(B(O)O)c1. The van der Waals surface area contributed by atoms with Crippen molar-refractivity contribution in [1.82, 2.24) is 4.90 Å². The fourth-order valence-electron chi connectivity index (χ4n) is 1.85. The molecule has 0 saturated heterocycles. The lowest BCUT2D eigenvalue weighted by molar-refractivity contribution is 0.288. The summed E-state index contributed by atoms with van der Waals surface area (Å²) in [7, 11) is 0.692. The molecule has 0 atom stereocenters. The van der Waals surface area contributed by atoms with Crippen molar-refractivity contribution in [3.63, 3.8) is 0 Å². The first-order valence-electron chi connectivity index (χ1n) is 5.62. The lowest BCUT2D eigenvalue weighted by atomic mass is 9.79. The minimum atomic E-state index is -1.38. The molecule has 0 unspecified atom stereocenters. The van der Waals surface area contributed by atoms with Gasteiger partial charge in [-0.05, 0) is 24.0 Å². The molecule has 0 spiro atoms. The van der Waals surface area contributed by atoms with Gasteiger partial charge in [0.2, 0.25) is 0 Å². The van der Waals surface area contributed by atoms with Crippen LogP contribution in [0.4, 0.5) is 0 Å². The van der Waals surface area contributed by atoms with Crippen LogP contribution in [0.1, 0.15) is 19.4 Å². The largest absolute Gasteiger partial charge is 0.488 e. The highest BCUT2D eigenvalue weighted by Gasteiger charge is 2.11. The summed E-state index contributed by atoms with van der Waals surface area (Å²) in [5.41, 5.74) is 1.66. The molecule has 1 aromatic rings. The van der Waals surface area contributed by atoms with Crippen LogP contribution in [-0.4, -0.2) is 35.7 Å². The maximum atomic E-state index is 9.07. The molecule has 88 valence electrons. The second-order valence-corrected chi connectivity index (χ2v) is 4.71. The first kappa shape index (κ1) is 13.2. The van der Waals surface area contributed by atoms with Crippen molar-refractivity contribution in [3.8, 4) is 0 Å². The van der Waals surface area contributed by atoms with Crippen molar-refractivity contribution in [2.24, 2.45) is 5.92 Å². The Hall–Kier alpha value is -0.835. The van der Waals surface area contributed by atoms with E-state index in [2.05, 4.69) is 25.8 Å². The molecule has 0 amide bonds. The highest BCUT2D eigenvalue weighted by atomic mass is 16.4. The Bertz CT molecular complexity index is 329. The molecule has 0 bridgehead atoms. The van der Waals surface area contributed by atoms with E-state index in [9.17, 15) is 0 Å². The van der Waals surface area contributed by atoms with Gasteiger partial charge in [-0.2, -0.15) is 0 Å². The third-order valence-corrected chi connectivity index (χ3v) is 2.38. The number of hydrogen-bond acceptors (Lipinski definition) is 3. The van der Waals surface area contributed by atoms with E-state index in [1.165, 1.54) is 0 Å². The van der Waals surface area contributed by atoms with Gasteiger partial charge in [-0.15, -0.1) is 0 Å². The summed E-state index contributed by atoms with van der Waals surface area (Å²) in [6, 6.07) is 7.41. The molecule has 3 nitrogen and oxygen atoms in total. The highest BCUT2D eigenvalue weighted by Crippen LogP contribution is 2.04. The topological polar surface area (TPSA) is 43.7 Å². The summed E-state index contributed by atoms with van der Waals surface area (Å²) in [5.74, 6) is 0.636. The van der Waals surface area contributed by atoms with Crippen molar-refractivity contribution in [3.05, 3.63) is 29.8 Å². The summed E-state index contributed by atoms with van der Waals surface area (Å²) in [4.78, 5) is 2.23. The standard InChI is InChI=1S/C12H20BNO2/c1-10(2)8-14(3)9-11-5-4-6-12(7-11)13(15)16/h4-7,10,15-16H,8-9H2,1-3H3. The van der Waals surface area contributed by atoms with Gasteiger partial charge in [-0.3, -0.25) is 0 Å². The van der Waals surface area contributed by atoms with Crippen LogP contribution in [0.15, 0.2) is 24.3 Å². The average molecular weight is 221 g/mol. The van der Waals surface area contributed by atoms with Crippen LogP contribution in [0.5, 0.6) is 0 Å². The van der Waals surface area contributed by atoms with E-state index in [1.807, 2.05) is 18.2 Å². The van der Waals surface area contributed by atoms with Crippen molar-refractivity contribution < 1.29 is 10.0 Å². The first-order valence-corrected chi connectivity index (χ1v) is 5.62. The van der Waals surface area contributed by atoms with Gasteiger partial charge in [-0.1, -0.05) is 38.1 Å². The van der Waals surface area contributed by atoms with Gasteiger partial charge >= 0.3 is 7.12 Å². The Kier molecular flexibility index (Phi) is 4.99. The highest BCUT2D eigenvalue weighted by molar-refractivity contribution is 6.58. The number of nitrogens with zero attached hydrogens (tertiary/aromatic N) is 1. The van der Waals surface area contributed by atoms with Crippen LogP contribution in [0.25, 0.3) is 0 Å². The van der Waals surface area contributed by atoms with Gasteiger partial charge < -0.3 is 14.9 Å². The van der Waals surface area contributed by atoms with E-state index < -0.39 is 7.12 Å². The summed E-state index contributed by atoms with van der Waals surface area (Å²) >= 11 is 0. The Morgan fingerprint density at radius 1 is 1.31 bits per heavy atom. The number of rotatable bonds is 5. The smallest absolute Gasteiger partial charge is 0.423 e. The van der Waals surface area contributed by atoms with E-state index in [0.717, 1.165) is 18.7 Å². The lowest BCUT2D eigenvalue weighted by Gasteiger charge is -2.19. The molecule has 2 N–H and O–H groups in total. The molecular formula is C12H20BNO2. The molecule has 0 radical (unpaired) electrons. The van der Waals surface area contributed by atoms with Crippen LogP contribution in [0.2, 0.25) is 0 Å². The molecule has 1 aromatic carbocycles. The molecule has 0 aliphatic heterocycles. The predicted molar refractivity (Wildman–Crippen MR) is 67.4 cm³/mol. The van der Waals surface area contributed by atoms with E-state index in [-0.39, 0.29) is 0 Å².